The Bertz CT molecular complexity index is 925. The van der Waals surface area contributed by atoms with Crippen LogP contribution in [-0.2, 0) is 23.0 Å². The zero-order valence-electron chi connectivity index (χ0n) is 14.3. The van der Waals surface area contributed by atoms with Gasteiger partial charge in [0, 0.05) is 25.2 Å². The highest BCUT2D eigenvalue weighted by Gasteiger charge is 2.16. The summed E-state index contributed by atoms with van der Waals surface area (Å²) in [5.74, 6) is 0.920. The van der Waals surface area contributed by atoms with Crippen LogP contribution in [0.3, 0.4) is 0 Å². The molecule has 0 aliphatic carbocycles. The zero-order valence-corrected chi connectivity index (χ0v) is 15.1. The standard InChI is InChI=1S/C16H21N5O4S/c1-25-11-2-4-12(5-3-11)26(23,24)19-9-8-18-16-20-14-10-17-7-6-13(14)15(22)21-16/h2-5,17,19H,6-10H2,1H3,(H2,18,20,21,22). The van der Waals surface area contributed by atoms with Crippen LogP contribution in [0.1, 0.15) is 11.3 Å². The number of hydrogen-bond acceptors (Lipinski definition) is 7. The predicted molar refractivity (Wildman–Crippen MR) is 96.9 cm³/mol. The summed E-state index contributed by atoms with van der Waals surface area (Å²) in [6, 6.07) is 6.12. The van der Waals surface area contributed by atoms with Crippen molar-refractivity contribution >= 4 is 16.0 Å². The lowest BCUT2D eigenvalue weighted by Gasteiger charge is -2.16. The number of sulfonamides is 1. The molecule has 0 radical (unpaired) electrons. The maximum absolute atomic E-state index is 12.2. The number of benzene rings is 1. The van der Waals surface area contributed by atoms with Crippen molar-refractivity contribution in [3.8, 4) is 5.75 Å². The first-order chi connectivity index (χ1) is 12.5. The Hall–Kier alpha value is -2.43. The average Bonchev–Trinajstić information content (AvgIpc) is 2.65. The zero-order chi connectivity index (χ0) is 18.6. The molecule has 0 saturated carbocycles. The van der Waals surface area contributed by atoms with Gasteiger partial charge < -0.3 is 15.4 Å². The summed E-state index contributed by atoms with van der Waals surface area (Å²) >= 11 is 0. The van der Waals surface area contributed by atoms with Gasteiger partial charge >= 0.3 is 0 Å². The number of aromatic nitrogens is 2. The molecule has 140 valence electrons. The number of nitrogens with zero attached hydrogens (tertiary/aromatic N) is 1. The minimum Gasteiger partial charge on any atom is -0.497 e. The van der Waals surface area contributed by atoms with Gasteiger partial charge in [0.1, 0.15) is 5.75 Å². The molecule has 1 aliphatic heterocycles. The quantitative estimate of drug-likeness (QED) is 0.492. The van der Waals surface area contributed by atoms with Crippen LogP contribution >= 0.6 is 0 Å². The molecule has 2 heterocycles. The van der Waals surface area contributed by atoms with Gasteiger partial charge in [-0.05, 0) is 37.2 Å². The molecule has 9 nitrogen and oxygen atoms in total. The van der Waals surface area contributed by atoms with Gasteiger partial charge in [-0.25, -0.2) is 18.1 Å². The van der Waals surface area contributed by atoms with E-state index in [1.54, 1.807) is 12.1 Å². The van der Waals surface area contributed by atoms with Crippen LogP contribution in [-0.4, -0.2) is 45.1 Å². The van der Waals surface area contributed by atoms with Gasteiger partial charge in [-0.2, -0.15) is 0 Å². The van der Waals surface area contributed by atoms with Crippen molar-refractivity contribution in [3.05, 3.63) is 45.9 Å². The third kappa shape index (κ3) is 4.21. The minimum atomic E-state index is -3.61. The van der Waals surface area contributed by atoms with Crippen molar-refractivity contribution in [2.45, 2.75) is 17.9 Å². The number of H-pyrrole nitrogens is 1. The van der Waals surface area contributed by atoms with E-state index in [4.69, 9.17) is 4.74 Å². The van der Waals surface area contributed by atoms with Crippen molar-refractivity contribution in [2.24, 2.45) is 0 Å². The molecule has 26 heavy (non-hydrogen) atoms. The Morgan fingerprint density at radius 1 is 1.23 bits per heavy atom. The van der Waals surface area contributed by atoms with Gasteiger partial charge in [-0.15, -0.1) is 0 Å². The average molecular weight is 379 g/mol. The Morgan fingerprint density at radius 3 is 2.73 bits per heavy atom. The van der Waals surface area contributed by atoms with Gasteiger partial charge in [0.15, 0.2) is 0 Å². The Labute approximate surface area is 151 Å². The first-order valence-electron chi connectivity index (χ1n) is 8.20. The van der Waals surface area contributed by atoms with E-state index >= 15 is 0 Å². The highest BCUT2D eigenvalue weighted by molar-refractivity contribution is 7.89. The third-order valence-corrected chi connectivity index (χ3v) is 5.50. The molecular weight excluding hydrogens is 358 g/mol. The lowest BCUT2D eigenvalue weighted by molar-refractivity contribution is 0.414. The van der Waals surface area contributed by atoms with Crippen LogP contribution in [0.15, 0.2) is 34.0 Å². The molecule has 0 fully saturated rings. The largest absolute Gasteiger partial charge is 0.497 e. The van der Waals surface area contributed by atoms with Crippen molar-refractivity contribution < 1.29 is 13.2 Å². The van der Waals surface area contributed by atoms with E-state index in [0.717, 1.165) is 12.2 Å². The number of ether oxygens (including phenoxy) is 1. The molecule has 1 aliphatic rings. The molecular formula is C16H21N5O4S. The van der Waals surface area contributed by atoms with Crippen LogP contribution in [0, 0.1) is 0 Å². The molecule has 0 saturated heterocycles. The molecule has 1 aromatic heterocycles. The third-order valence-electron chi connectivity index (χ3n) is 4.02. The van der Waals surface area contributed by atoms with Gasteiger partial charge in [0.2, 0.25) is 16.0 Å². The number of rotatable bonds is 7. The second kappa shape index (κ2) is 7.85. The Balaban J connectivity index is 1.56. The van der Waals surface area contributed by atoms with Crippen molar-refractivity contribution in [1.82, 2.24) is 20.0 Å². The molecule has 0 amide bonds. The molecule has 0 atom stereocenters. The SMILES string of the molecule is COc1ccc(S(=O)(=O)NCCNc2nc3c(c(=O)[nH]2)CCNC3)cc1. The molecule has 2 aromatic rings. The lowest BCUT2D eigenvalue weighted by Crippen LogP contribution is -2.33. The van der Waals surface area contributed by atoms with E-state index in [0.29, 0.717) is 30.2 Å². The van der Waals surface area contributed by atoms with E-state index in [2.05, 4.69) is 25.3 Å². The van der Waals surface area contributed by atoms with E-state index in [9.17, 15) is 13.2 Å². The van der Waals surface area contributed by atoms with Crippen LogP contribution in [0.25, 0.3) is 0 Å². The van der Waals surface area contributed by atoms with Gasteiger partial charge in [-0.1, -0.05) is 0 Å². The van der Waals surface area contributed by atoms with Crippen LogP contribution in [0.5, 0.6) is 5.75 Å². The fraction of sp³-hybridized carbons (Fsp3) is 0.375. The maximum Gasteiger partial charge on any atom is 0.255 e. The van der Waals surface area contributed by atoms with Crippen LogP contribution in [0.2, 0.25) is 0 Å². The fourth-order valence-corrected chi connectivity index (χ4v) is 3.69. The highest BCUT2D eigenvalue weighted by atomic mass is 32.2. The molecule has 10 heteroatoms. The summed E-state index contributed by atoms with van der Waals surface area (Å²) < 4.78 is 32.0. The van der Waals surface area contributed by atoms with Gasteiger partial charge in [0.25, 0.3) is 5.56 Å². The second-order valence-electron chi connectivity index (χ2n) is 5.77. The van der Waals surface area contributed by atoms with Crippen molar-refractivity contribution in [1.29, 1.82) is 0 Å². The predicted octanol–water partition coefficient (Wildman–Crippen LogP) is -0.185. The molecule has 4 N–H and O–H groups in total. The van der Waals surface area contributed by atoms with Crippen LogP contribution in [0.4, 0.5) is 5.95 Å². The molecule has 0 spiro atoms. The Kier molecular flexibility index (Phi) is 5.55. The Morgan fingerprint density at radius 2 is 2.00 bits per heavy atom. The maximum atomic E-state index is 12.2. The summed E-state index contributed by atoms with van der Waals surface area (Å²) in [7, 11) is -2.09. The first-order valence-corrected chi connectivity index (χ1v) is 9.68. The molecule has 3 rings (SSSR count). The monoisotopic (exact) mass is 379 g/mol. The molecule has 1 aromatic carbocycles. The highest BCUT2D eigenvalue weighted by Crippen LogP contribution is 2.15. The number of aromatic amines is 1. The molecule has 0 unspecified atom stereocenters. The number of methoxy groups -OCH3 is 1. The number of fused-ring (bicyclic) bond motifs is 1. The minimum absolute atomic E-state index is 0.146. The fourth-order valence-electron chi connectivity index (χ4n) is 2.66. The van der Waals surface area contributed by atoms with Crippen molar-refractivity contribution in [2.75, 3.05) is 32.1 Å². The van der Waals surface area contributed by atoms with Crippen LogP contribution < -0.4 is 25.7 Å². The van der Waals surface area contributed by atoms with E-state index in [-0.39, 0.29) is 23.5 Å². The number of nitrogens with one attached hydrogen (secondary N) is 4. The van der Waals surface area contributed by atoms with E-state index in [1.165, 1.54) is 19.2 Å². The van der Waals surface area contributed by atoms with E-state index < -0.39 is 10.0 Å². The van der Waals surface area contributed by atoms with Crippen molar-refractivity contribution in [3.63, 3.8) is 0 Å². The number of hydrogen-bond donors (Lipinski definition) is 4. The number of anilines is 1. The van der Waals surface area contributed by atoms with Gasteiger partial charge in [-0.3, -0.25) is 9.78 Å². The molecule has 0 bridgehead atoms. The second-order valence-corrected chi connectivity index (χ2v) is 7.53. The topological polar surface area (TPSA) is 125 Å². The smallest absolute Gasteiger partial charge is 0.255 e. The summed E-state index contributed by atoms with van der Waals surface area (Å²) in [5.41, 5.74) is 1.27. The summed E-state index contributed by atoms with van der Waals surface area (Å²) in [6.07, 6.45) is 0.652. The summed E-state index contributed by atoms with van der Waals surface area (Å²) in [5, 5.41) is 6.10. The summed E-state index contributed by atoms with van der Waals surface area (Å²) in [6.45, 7) is 1.74. The van der Waals surface area contributed by atoms with Gasteiger partial charge in [0.05, 0.1) is 17.7 Å². The summed E-state index contributed by atoms with van der Waals surface area (Å²) in [4.78, 5) is 19.2. The first kappa shape index (κ1) is 18.4. The lowest BCUT2D eigenvalue weighted by atomic mass is 10.1. The normalized spacial score (nSPS) is 13.9. The van der Waals surface area contributed by atoms with E-state index in [1.807, 2.05) is 0 Å².